The van der Waals surface area contributed by atoms with Gasteiger partial charge in [-0.3, -0.25) is 4.79 Å². The average molecular weight is 280 g/mol. The van der Waals surface area contributed by atoms with Gasteiger partial charge in [0.25, 0.3) is 0 Å². The van der Waals surface area contributed by atoms with Gasteiger partial charge in [-0.25, -0.2) is 0 Å². The van der Waals surface area contributed by atoms with Crippen LogP contribution in [0.15, 0.2) is 59.2 Å². The summed E-state index contributed by atoms with van der Waals surface area (Å²) < 4.78 is 10.6. The van der Waals surface area contributed by atoms with Crippen LogP contribution in [0.4, 0.5) is 0 Å². The maximum absolute atomic E-state index is 11.7. The van der Waals surface area contributed by atoms with E-state index in [4.69, 9.17) is 9.15 Å². The smallest absolute Gasteiger partial charge is 0.310 e. The minimum atomic E-state index is -0.233. The Balaban J connectivity index is 2.04. The molecule has 1 aromatic carbocycles. The molecule has 1 heterocycles. The van der Waals surface area contributed by atoms with Crippen LogP contribution in [0.3, 0.4) is 0 Å². The lowest BCUT2D eigenvalue weighted by molar-refractivity contribution is -0.142. The number of carbonyl (C=O) groups excluding carboxylic acids is 1. The first-order valence-corrected chi connectivity index (χ1v) is 6.99. The highest BCUT2D eigenvalue weighted by molar-refractivity contribution is 5.88. The molecule has 1 aromatic rings. The van der Waals surface area contributed by atoms with Gasteiger partial charge in [0.05, 0.1) is 19.3 Å². The summed E-state index contributed by atoms with van der Waals surface area (Å²) in [4.78, 5) is 11.7. The first-order valence-electron chi connectivity index (χ1n) is 6.99. The van der Waals surface area contributed by atoms with Gasteiger partial charge in [0, 0.05) is 11.1 Å². The van der Waals surface area contributed by atoms with Crippen molar-refractivity contribution < 1.29 is 13.9 Å². The maximum Gasteiger partial charge on any atom is 0.310 e. The predicted molar refractivity (Wildman–Crippen MR) is 81.1 cm³/mol. The fourth-order valence-corrected chi connectivity index (χ4v) is 2.52. The topological polar surface area (TPSA) is 39.4 Å². The van der Waals surface area contributed by atoms with Crippen LogP contribution in [0.2, 0.25) is 0 Å². The van der Waals surface area contributed by atoms with E-state index in [-0.39, 0.29) is 12.4 Å². The molecule has 21 heavy (non-hydrogen) atoms. The summed E-state index contributed by atoms with van der Waals surface area (Å²) >= 11 is 0. The highest BCUT2D eigenvalue weighted by Gasteiger charge is 2.20. The number of hydrogen-bond donors (Lipinski definition) is 0. The predicted octanol–water partition coefficient (Wildman–Crippen LogP) is 4.16. The minimum Gasteiger partial charge on any atom is -0.466 e. The summed E-state index contributed by atoms with van der Waals surface area (Å²) in [6.45, 7) is 2.20. The highest BCUT2D eigenvalue weighted by Crippen LogP contribution is 2.39. The Morgan fingerprint density at radius 3 is 2.67 bits per heavy atom. The molecule has 0 amide bonds. The Morgan fingerprint density at radius 2 is 1.90 bits per heavy atom. The molecule has 0 aromatic heterocycles. The quantitative estimate of drug-likeness (QED) is 0.674. The summed E-state index contributed by atoms with van der Waals surface area (Å²) in [6.07, 6.45) is 1.86. The van der Waals surface area contributed by atoms with Gasteiger partial charge in [-0.2, -0.15) is 0 Å². The normalized spacial score (nSPS) is 10.7. The second kappa shape index (κ2) is 5.83. The summed E-state index contributed by atoms with van der Waals surface area (Å²) in [5, 5.41) is 0. The lowest BCUT2D eigenvalue weighted by Gasteiger charge is -2.04. The molecule has 3 heteroatoms. The van der Waals surface area contributed by atoms with Crippen molar-refractivity contribution in [3.05, 3.63) is 60.4 Å². The van der Waals surface area contributed by atoms with Crippen LogP contribution >= 0.6 is 0 Å². The molecule has 0 radical (unpaired) electrons. The van der Waals surface area contributed by atoms with Crippen molar-refractivity contribution in [2.75, 3.05) is 6.61 Å². The van der Waals surface area contributed by atoms with Crippen molar-refractivity contribution in [1.29, 1.82) is 0 Å². The Bertz CT molecular complexity index is 713. The molecular formula is C18H16O3. The van der Waals surface area contributed by atoms with Gasteiger partial charge in [0.15, 0.2) is 0 Å². The Hall–Kier alpha value is -2.55. The van der Waals surface area contributed by atoms with E-state index in [1.165, 1.54) is 0 Å². The number of ether oxygens (including phenoxy) is 1. The Morgan fingerprint density at radius 1 is 1.10 bits per heavy atom. The highest BCUT2D eigenvalue weighted by atomic mass is 16.5. The largest absolute Gasteiger partial charge is 0.466 e. The van der Waals surface area contributed by atoms with Crippen molar-refractivity contribution in [2.24, 2.45) is 0 Å². The van der Waals surface area contributed by atoms with Crippen LogP contribution in [0, 0.1) is 0 Å². The monoisotopic (exact) mass is 280 g/mol. The van der Waals surface area contributed by atoms with E-state index in [9.17, 15) is 4.79 Å². The number of hydrogen-bond acceptors (Lipinski definition) is 3. The molecule has 2 aliphatic rings. The van der Waals surface area contributed by atoms with E-state index < -0.39 is 0 Å². The third-order valence-electron chi connectivity index (χ3n) is 3.40. The molecule has 0 spiro atoms. The molecule has 1 aliphatic carbocycles. The van der Waals surface area contributed by atoms with Crippen LogP contribution < -0.4 is 0 Å². The molecule has 0 fully saturated rings. The fourth-order valence-electron chi connectivity index (χ4n) is 2.52. The second-order valence-electron chi connectivity index (χ2n) is 4.79. The van der Waals surface area contributed by atoms with E-state index >= 15 is 0 Å². The maximum atomic E-state index is 11.7. The third-order valence-corrected chi connectivity index (χ3v) is 3.40. The molecule has 0 saturated heterocycles. The van der Waals surface area contributed by atoms with Gasteiger partial charge >= 0.3 is 5.97 Å². The number of esters is 1. The lowest BCUT2D eigenvalue weighted by Crippen LogP contribution is -2.07. The first kappa shape index (κ1) is 13.4. The van der Waals surface area contributed by atoms with Gasteiger partial charge in [-0.05, 0) is 36.2 Å². The molecule has 0 unspecified atom stereocenters. The summed E-state index contributed by atoms with van der Waals surface area (Å²) in [5.41, 5.74) is 4.07. The van der Waals surface area contributed by atoms with Crippen LogP contribution in [-0.4, -0.2) is 12.6 Å². The first-order chi connectivity index (χ1) is 10.3. The van der Waals surface area contributed by atoms with Crippen LogP contribution in [0.5, 0.6) is 0 Å². The molecular weight excluding hydrogens is 264 g/mol. The number of fused-ring (bicyclic) bond motifs is 1. The SMILES string of the molecule is CCOC(=O)Cc1cc(-c2ccccc2)c2cccoc1-2. The molecule has 0 bridgehead atoms. The number of carbonyl (C=O) groups is 1. The third kappa shape index (κ3) is 2.68. The molecule has 106 valence electrons. The van der Waals surface area contributed by atoms with Crippen molar-refractivity contribution in [2.45, 2.75) is 13.3 Å². The van der Waals surface area contributed by atoms with E-state index in [0.29, 0.717) is 6.61 Å². The number of rotatable bonds is 4. The van der Waals surface area contributed by atoms with Crippen molar-refractivity contribution in [3.63, 3.8) is 0 Å². The molecule has 1 aliphatic heterocycles. The van der Waals surface area contributed by atoms with Gasteiger partial charge in [-0.1, -0.05) is 30.3 Å². The molecule has 0 atom stereocenters. The van der Waals surface area contributed by atoms with Crippen LogP contribution in [0.1, 0.15) is 12.5 Å². The standard InChI is InChI=1S/C18H16O3/c1-2-20-17(19)12-14-11-16(13-7-4-3-5-8-13)15-9-6-10-21-18(14)15/h3-11H,2,12H2,1H3. The van der Waals surface area contributed by atoms with E-state index in [1.54, 1.807) is 13.2 Å². The van der Waals surface area contributed by atoms with E-state index in [1.807, 2.05) is 36.4 Å². The zero-order valence-corrected chi connectivity index (χ0v) is 11.8. The summed E-state index contributed by atoms with van der Waals surface area (Å²) in [7, 11) is 0. The van der Waals surface area contributed by atoms with Gasteiger partial charge < -0.3 is 9.15 Å². The molecule has 0 N–H and O–H groups in total. The van der Waals surface area contributed by atoms with Gasteiger partial charge in [-0.15, -0.1) is 0 Å². The van der Waals surface area contributed by atoms with Crippen LogP contribution in [0.25, 0.3) is 22.5 Å². The number of benzene rings is 1. The van der Waals surface area contributed by atoms with Crippen molar-refractivity contribution >= 4 is 5.97 Å². The van der Waals surface area contributed by atoms with Crippen LogP contribution in [-0.2, 0) is 16.0 Å². The molecule has 0 saturated carbocycles. The zero-order chi connectivity index (χ0) is 14.7. The van der Waals surface area contributed by atoms with Gasteiger partial charge in [0.1, 0.15) is 5.76 Å². The Labute approximate surface area is 123 Å². The second-order valence-corrected chi connectivity index (χ2v) is 4.79. The van der Waals surface area contributed by atoms with Crippen molar-refractivity contribution in [3.8, 4) is 22.5 Å². The molecule has 3 rings (SSSR count). The lowest BCUT2D eigenvalue weighted by atomic mass is 10.0. The summed E-state index contributed by atoms with van der Waals surface area (Å²) in [6, 6.07) is 16.0. The molecule has 3 nitrogen and oxygen atoms in total. The fraction of sp³-hybridized carbons (Fsp3) is 0.167. The summed E-state index contributed by atoms with van der Waals surface area (Å²) in [5.74, 6) is 0.521. The van der Waals surface area contributed by atoms with E-state index in [0.717, 1.165) is 28.0 Å². The minimum absolute atomic E-state index is 0.227. The average Bonchev–Trinajstić information content (AvgIpc) is 2.87. The van der Waals surface area contributed by atoms with Gasteiger partial charge in [0.2, 0.25) is 0 Å². The Kier molecular flexibility index (Phi) is 3.73. The van der Waals surface area contributed by atoms with E-state index in [2.05, 4.69) is 12.1 Å². The zero-order valence-electron chi connectivity index (χ0n) is 11.8. The van der Waals surface area contributed by atoms with Crippen molar-refractivity contribution in [1.82, 2.24) is 0 Å².